The molecule has 1 heterocycles. The summed E-state index contributed by atoms with van der Waals surface area (Å²) in [5, 5.41) is 0. The molecule has 2 aromatic rings. The van der Waals surface area contributed by atoms with E-state index in [1.165, 1.54) is 18.2 Å². The summed E-state index contributed by atoms with van der Waals surface area (Å²) in [7, 11) is 0. The lowest BCUT2D eigenvalue weighted by atomic mass is 10.3. The predicted octanol–water partition coefficient (Wildman–Crippen LogP) is 2.60. The second-order valence-corrected chi connectivity index (χ2v) is 4.67. The summed E-state index contributed by atoms with van der Waals surface area (Å²) >= 11 is 3.00. The molecule has 5 nitrogen and oxygen atoms in total. The summed E-state index contributed by atoms with van der Waals surface area (Å²) < 4.78 is 32.2. The number of pyridine rings is 1. The quantitative estimate of drug-likeness (QED) is 0.838. The molecule has 1 aromatic carbocycles. The van der Waals surface area contributed by atoms with Gasteiger partial charge in [0.15, 0.2) is 11.6 Å². The second kappa shape index (κ2) is 5.41. The van der Waals surface area contributed by atoms with E-state index in [2.05, 4.69) is 20.9 Å². The summed E-state index contributed by atoms with van der Waals surface area (Å²) in [6.45, 7) is 0. The fraction of sp³-hybridized carbons (Fsp3) is 0. The van der Waals surface area contributed by atoms with Gasteiger partial charge in [-0.1, -0.05) is 15.9 Å². The Bertz CT molecular complexity index is 695. The Morgan fingerprint density at radius 1 is 1.30 bits per heavy atom. The van der Waals surface area contributed by atoms with Crippen molar-refractivity contribution in [3.63, 3.8) is 0 Å². The number of rotatable bonds is 3. The number of nitrogens with zero attached hydrogens (tertiary/aromatic N) is 1. The highest BCUT2D eigenvalue weighted by molar-refractivity contribution is 9.10. The van der Waals surface area contributed by atoms with Gasteiger partial charge in [0.1, 0.15) is 5.69 Å². The minimum Gasteiger partial charge on any atom is -0.434 e. The van der Waals surface area contributed by atoms with Crippen molar-refractivity contribution in [2.45, 2.75) is 0 Å². The molecule has 1 aromatic heterocycles. The molecule has 0 saturated carbocycles. The molecular weight excluding hydrogens is 336 g/mol. The largest absolute Gasteiger partial charge is 0.434 e. The molecule has 0 aliphatic carbocycles. The van der Waals surface area contributed by atoms with Crippen molar-refractivity contribution in [1.82, 2.24) is 4.98 Å². The molecule has 0 aliphatic rings. The Hall–Kier alpha value is -2.22. The molecule has 0 bridgehead atoms. The van der Waals surface area contributed by atoms with E-state index in [0.29, 0.717) is 0 Å². The van der Waals surface area contributed by atoms with Gasteiger partial charge in [-0.3, -0.25) is 4.79 Å². The van der Waals surface area contributed by atoms with Crippen LogP contribution in [-0.4, -0.2) is 10.9 Å². The van der Waals surface area contributed by atoms with Gasteiger partial charge in [0.25, 0.3) is 5.91 Å². The maximum atomic E-state index is 13.6. The van der Waals surface area contributed by atoms with Crippen LogP contribution in [0.1, 0.15) is 10.5 Å². The van der Waals surface area contributed by atoms with Crippen LogP contribution in [0.15, 0.2) is 28.7 Å². The summed E-state index contributed by atoms with van der Waals surface area (Å²) in [5.74, 6) is -3.75. The van der Waals surface area contributed by atoms with Gasteiger partial charge in [-0.2, -0.15) is 4.39 Å². The van der Waals surface area contributed by atoms with Gasteiger partial charge in [-0.15, -0.1) is 0 Å². The number of halogens is 3. The first-order chi connectivity index (χ1) is 9.38. The van der Waals surface area contributed by atoms with Crippen molar-refractivity contribution >= 4 is 27.5 Å². The Balaban J connectivity index is 2.44. The summed E-state index contributed by atoms with van der Waals surface area (Å²) in [6.07, 6.45) is 0. The number of primary amides is 1. The molecule has 8 heteroatoms. The third kappa shape index (κ3) is 2.85. The van der Waals surface area contributed by atoms with Crippen molar-refractivity contribution in [1.29, 1.82) is 0 Å². The van der Waals surface area contributed by atoms with Crippen molar-refractivity contribution in [3.05, 3.63) is 46.1 Å². The van der Waals surface area contributed by atoms with Crippen LogP contribution < -0.4 is 16.2 Å². The number of aromatic nitrogens is 1. The van der Waals surface area contributed by atoms with E-state index in [4.69, 9.17) is 16.2 Å². The van der Waals surface area contributed by atoms with Crippen molar-refractivity contribution < 1.29 is 18.3 Å². The van der Waals surface area contributed by atoms with E-state index >= 15 is 0 Å². The first-order valence-electron chi connectivity index (χ1n) is 5.27. The van der Waals surface area contributed by atoms with Gasteiger partial charge in [0.05, 0.1) is 5.69 Å². The number of ether oxygens (including phenoxy) is 1. The first-order valence-corrected chi connectivity index (χ1v) is 6.06. The number of anilines is 1. The minimum atomic E-state index is -1.20. The Morgan fingerprint density at radius 3 is 2.65 bits per heavy atom. The summed E-state index contributed by atoms with van der Waals surface area (Å²) in [6, 6.07) is 4.77. The summed E-state index contributed by atoms with van der Waals surface area (Å²) in [5.41, 5.74) is 10.6. The predicted molar refractivity (Wildman–Crippen MR) is 71.3 cm³/mol. The van der Waals surface area contributed by atoms with Crippen molar-refractivity contribution in [3.8, 4) is 11.6 Å². The number of amides is 1. The van der Waals surface area contributed by atoms with Crippen LogP contribution in [0.4, 0.5) is 14.5 Å². The molecule has 0 fully saturated rings. The first kappa shape index (κ1) is 14.2. The fourth-order valence-electron chi connectivity index (χ4n) is 1.38. The van der Waals surface area contributed by atoms with Crippen LogP contribution in [0.2, 0.25) is 0 Å². The molecule has 0 saturated heterocycles. The molecule has 2 rings (SSSR count). The molecule has 0 aliphatic heterocycles. The fourth-order valence-corrected chi connectivity index (χ4v) is 1.79. The Morgan fingerprint density at radius 2 is 2.00 bits per heavy atom. The van der Waals surface area contributed by atoms with E-state index < -0.39 is 23.3 Å². The number of carbonyl (C=O) groups excluding carboxylic acids is 1. The number of carbonyl (C=O) groups is 1. The smallest absolute Gasteiger partial charge is 0.267 e. The molecule has 1 amide bonds. The molecule has 0 spiro atoms. The lowest BCUT2D eigenvalue weighted by molar-refractivity contribution is 0.0995. The lowest BCUT2D eigenvalue weighted by Crippen LogP contribution is -2.13. The van der Waals surface area contributed by atoms with Gasteiger partial charge in [0.2, 0.25) is 11.7 Å². The van der Waals surface area contributed by atoms with E-state index in [0.717, 1.165) is 6.07 Å². The number of hydrogen-bond donors (Lipinski definition) is 2. The van der Waals surface area contributed by atoms with Crippen LogP contribution in [0.5, 0.6) is 11.6 Å². The monoisotopic (exact) mass is 343 g/mol. The maximum absolute atomic E-state index is 13.6. The number of nitrogen functional groups attached to an aromatic ring is 1. The second-order valence-electron chi connectivity index (χ2n) is 3.76. The molecule has 4 N–H and O–H groups in total. The highest BCUT2D eigenvalue weighted by Gasteiger charge is 2.15. The molecule has 104 valence electrons. The topological polar surface area (TPSA) is 91.2 Å². The lowest BCUT2D eigenvalue weighted by Gasteiger charge is -2.09. The highest BCUT2D eigenvalue weighted by Crippen LogP contribution is 2.31. The van der Waals surface area contributed by atoms with Gasteiger partial charge >= 0.3 is 0 Å². The van der Waals surface area contributed by atoms with Gasteiger partial charge in [-0.05, 0) is 24.3 Å². The van der Waals surface area contributed by atoms with Crippen molar-refractivity contribution in [2.24, 2.45) is 5.73 Å². The Kier molecular flexibility index (Phi) is 3.84. The van der Waals surface area contributed by atoms with Crippen LogP contribution in [0, 0.1) is 11.6 Å². The van der Waals surface area contributed by atoms with Gasteiger partial charge in [0, 0.05) is 4.47 Å². The van der Waals surface area contributed by atoms with Gasteiger partial charge < -0.3 is 16.2 Å². The molecule has 20 heavy (non-hydrogen) atoms. The third-order valence-electron chi connectivity index (χ3n) is 2.31. The van der Waals surface area contributed by atoms with Crippen LogP contribution in [0.25, 0.3) is 0 Å². The normalized spacial score (nSPS) is 10.3. The molecular formula is C12H8BrF2N3O2. The van der Waals surface area contributed by atoms with E-state index in [1.54, 1.807) is 0 Å². The Labute approximate surface area is 120 Å². The summed E-state index contributed by atoms with van der Waals surface area (Å²) in [4.78, 5) is 14.8. The average molecular weight is 344 g/mol. The van der Waals surface area contributed by atoms with Crippen LogP contribution in [0.3, 0.4) is 0 Å². The SMILES string of the molecule is NC(=O)c1ccc(N)c(Oc2cc(Br)cc(F)c2F)n1. The number of benzene rings is 1. The van der Waals surface area contributed by atoms with E-state index in [9.17, 15) is 13.6 Å². The minimum absolute atomic E-state index is 0.0507. The average Bonchev–Trinajstić information content (AvgIpc) is 2.37. The zero-order valence-electron chi connectivity index (χ0n) is 9.86. The molecule has 0 atom stereocenters. The van der Waals surface area contributed by atoms with E-state index in [1.807, 2.05) is 0 Å². The standard InChI is InChI=1S/C12H8BrF2N3O2/c13-5-3-6(14)10(15)9(4-5)20-12-7(16)1-2-8(18-12)11(17)19/h1-4H,16H2,(H2,17,19). The maximum Gasteiger partial charge on any atom is 0.267 e. The zero-order valence-corrected chi connectivity index (χ0v) is 11.4. The highest BCUT2D eigenvalue weighted by atomic mass is 79.9. The molecule has 0 radical (unpaired) electrons. The van der Waals surface area contributed by atoms with Gasteiger partial charge in [-0.25, -0.2) is 9.37 Å². The van der Waals surface area contributed by atoms with Crippen molar-refractivity contribution in [2.75, 3.05) is 5.73 Å². The molecule has 0 unspecified atom stereocenters. The number of hydrogen-bond acceptors (Lipinski definition) is 4. The van der Waals surface area contributed by atoms with Crippen LogP contribution in [-0.2, 0) is 0 Å². The third-order valence-corrected chi connectivity index (χ3v) is 2.77. The van der Waals surface area contributed by atoms with E-state index in [-0.39, 0.29) is 21.7 Å². The van der Waals surface area contributed by atoms with Crippen LogP contribution >= 0.6 is 15.9 Å². The number of nitrogens with two attached hydrogens (primary N) is 2. The zero-order chi connectivity index (χ0) is 14.9.